The normalized spacial score (nSPS) is 15.4. The Kier molecular flexibility index (Phi) is 4.93. The molecule has 8 nitrogen and oxygen atoms in total. The minimum absolute atomic E-state index is 0.108. The number of nitro benzene ring substituents is 1. The average molecular weight is 402 g/mol. The number of non-ortho nitro benzene ring substituents is 1. The van der Waals surface area contributed by atoms with Crippen LogP contribution in [0.15, 0.2) is 47.4 Å². The first-order valence-electron chi connectivity index (χ1n) is 7.36. The van der Waals surface area contributed by atoms with E-state index in [1.165, 1.54) is 36.4 Å². The van der Waals surface area contributed by atoms with Crippen molar-refractivity contribution in [3.63, 3.8) is 0 Å². The number of nitro groups is 1. The highest BCUT2D eigenvalue weighted by Crippen LogP contribution is 2.37. The molecule has 27 heavy (non-hydrogen) atoms. The summed E-state index contributed by atoms with van der Waals surface area (Å²) in [5.74, 6) is -2.26. The highest BCUT2D eigenvalue weighted by atomic mass is 32.2. The molecule has 0 bridgehead atoms. The van der Waals surface area contributed by atoms with Crippen molar-refractivity contribution in [3.8, 4) is 5.75 Å². The number of amides is 1. The number of aromatic hydroxyl groups is 1. The molecule has 1 fully saturated rings. The number of anilines is 1. The van der Waals surface area contributed by atoms with Crippen molar-refractivity contribution < 1.29 is 24.7 Å². The van der Waals surface area contributed by atoms with Crippen molar-refractivity contribution in [2.24, 2.45) is 0 Å². The standard InChI is InChI=1S/C17H10N2O6S2/c20-13-5-4-10(8-12(13)16(22)23)18-15(21)14(27-17(18)26)7-9-2-1-3-11(6-9)19(24)25/h1-8,20H,(H,22,23)/b14-7-. The summed E-state index contributed by atoms with van der Waals surface area (Å²) in [6.45, 7) is 0. The topological polar surface area (TPSA) is 121 Å². The van der Waals surface area contributed by atoms with Gasteiger partial charge in [0.15, 0.2) is 4.32 Å². The largest absolute Gasteiger partial charge is 0.507 e. The average Bonchev–Trinajstić information content (AvgIpc) is 2.89. The quantitative estimate of drug-likeness (QED) is 0.345. The lowest BCUT2D eigenvalue weighted by atomic mass is 10.1. The number of phenols is 1. The summed E-state index contributed by atoms with van der Waals surface area (Å²) in [6, 6.07) is 9.48. The minimum Gasteiger partial charge on any atom is -0.507 e. The number of carbonyl (C=O) groups is 2. The fourth-order valence-electron chi connectivity index (χ4n) is 2.40. The molecule has 0 atom stereocenters. The van der Waals surface area contributed by atoms with E-state index in [4.69, 9.17) is 17.3 Å². The number of hydrogen-bond acceptors (Lipinski definition) is 7. The van der Waals surface area contributed by atoms with Crippen LogP contribution in [-0.2, 0) is 4.79 Å². The Hall–Kier alpha value is -3.24. The van der Waals surface area contributed by atoms with Gasteiger partial charge in [0.1, 0.15) is 11.3 Å². The van der Waals surface area contributed by atoms with Gasteiger partial charge in [-0.15, -0.1) is 0 Å². The van der Waals surface area contributed by atoms with Crippen LogP contribution in [0.4, 0.5) is 11.4 Å². The van der Waals surface area contributed by atoms with Gasteiger partial charge in [0.2, 0.25) is 0 Å². The maximum atomic E-state index is 12.7. The summed E-state index contributed by atoms with van der Waals surface area (Å²) in [7, 11) is 0. The molecule has 2 aromatic carbocycles. The van der Waals surface area contributed by atoms with Crippen LogP contribution in [0.3, 0.4) is 0 Å². The Morgan fingerprint density at radius 2 is 2.00 bits per heavy atom. The second-order valence-corrected chi connectivity index (χ2v) is 7.05. The fourth-order valence-corrected chi connectivity index (χ4v) is 3.70. The maximum Gasteiger partial charge on any atom is 0.339 e. The lowest BCUT2D eigenvalue weighted by Gasteiger charge is -2.15. The van der Waals surface area contributed by atoms with Gasteiger partial charge in [-0.2, -0.15) is 0 Å². The number of hydrogen-bond donors (Lipinski definition) is 2. The molecular formula is C17H10N2O6S2. The summed E-state index contributed by atoms with van der Waals surface area (Å²) in [6.07, 6.45) is 1.48. The van der Waals surface area contributed by atoms with E-state index in [9.17, 15) is 24.8 Å². The van der Waals surface area contributed by atoms with E-state index in [-0.39, 0.29) is 26.2 Å². The van der Waals surface area contributed by atoms with Crippen molar-refractivity contribution in [3.05, 3.63) is 68.6 Å². The molecule has 0 radical (unpaired) electrons. The van der Waals surface area contributed by atoms with E-state index in [2.05, 4.69) is 0 Å². The minimum atomic E-state index is -1.34. The Balaban J connectivity index is 1.96. The zero-order chi connectivity index (χ0) is 19.7. The molecule has 1 aliphatic heterocycles. The fraction of sp³-hybridized carbons (Fsp3) is 0. The van der Waals surface area contributed by atoms with Crippen molar-refractivity contribution in [1.82, 2.24) is 0 Å². The molecule has 3 rings (SSSR count). The van der Waals surface area contributed by atoms with E-state index in [0.717, 1.165) is 22.7 Å². The van der Waals surface area contributed by atoms with Crippen molar-refractivity contribution in [2.45, 2.75) is 0 Å². The number of benzene rings is 2. The number of rotatable bonds is 4. The molecule has 1 amide bonds. The Morgan fingerprint density at radius 1 is 1.26 bits per heavy atom. The van der Waals surface area contributed by atoms with Crippen molar-refractivity contribution in [2.75, 3.05) is 4.90 Å². The lowest BCUT2D eigenvalue weighted by molar-refractivity contribution is -0.384. The number of carbonyl (C=O) groups excluding carboxylic acids is 1. The summed E-state index contributed by atoms with van der Waals surface area (Å²) in [5, 5.41) is 29.6. The van der Waals surface area contributed by atoms with Crippen LogP contribution in [-0.4, -0.2) is 31.3 Å². The van der Waals surface area contributed by atoms with E-state index < -0.39 is 22.5 Å². The number of carboxylic acids is 1. The van der Waals surface area contributed by atoms with Gasteiger partial charge in [0.05, 0.1) is 15.5 Å². The van der Waals surface area contributed by atoms with Crippen LogP contribution in [0.1, 0.15) is 15.9 Å². The Bertz CT molecular complexity index is 1030. The molecular weight excluding hydrogens is 392 g/mol. The van der Waals surface area contributed by atoms with Gasteiger partial charge in [-0.1, -0.05) is 36.1 Å². The molecule has 0 saturated carbocycles. The molecule has 1 saturated heterocycles. The zero-order valence-corrected chi connectivity index (χ0v) is 15.0. The zero-order valence-electron chi connectivity index (χ0n) is 13.4. The lowest BCUT2D eigenvalue weighted by Crippen LogP contribution is -2.27. The van der Waals surface area contributed by atoms with Gasteiger partial charge < -0.3 is 10.2 Å². The monoisotopic (exact) mass is 402 g/mol. The highest BCUT2D eigenvalue weighted by Gasteiger charge is 2.34. The molecule has 10 heteroatoms. The summed E-state index contributed by atoms with van der Waals surface area (Å²) in [5.41, 5.74) is 0.199. The third kappa shape index (κ3) is 3.66. The Morgan fingerprint density at radius 3 is 2.67 bits per heavy atom. The molecule has 2 aromatic rings. The van der Waals surface area contributed by atoms with Gasteiger partial charge >= 0.3 is 5.97 Å². The predicted octanol–water partition coefficient (Wildman–Crippen LogP) is 3.40. The number of aromatic carboxylic acids is 1. The van der Waals surface area contributed by atoms with E-state index in [1.54, 1.807) is 6.07 Å². The molecule has 0 aliphatic carbocycles. The number of thioether (sulfide) groups is 1. The number of thiocarbonyl (C=S) groups is 1. The van der Waals surface area contributed by atoms with Crippen LogP contribution in [0, 0.1) is 10.1 Å². The number of nitrogens with zero attached hydrogens (tertiary/aromatic N) is 2. The molecule has 0 unspecified atom stereocenters. The molecule has 2 N–H and O–H groups in total. The predicted molar refractivity (Wildman–Crippen MR) is 104 cm³/mol. The van der Waals surface area contributed by atoms with Crippen molar-refractivity contribution in [1.29, 1.82) is 0 Å². The molecule has 1 heterocycles. The number of carboxylic acid groups (broad SMARTS) is 1. The van der Waals surface area contributed by atoms with Crippen LogP contribution >= 0.6 is 24.0 Å². The van der Waals surface area contributed by atoms with Crippen LogP contribution in [0.25, 0.3) is 6.08 Å². The van der Waals surface area contributed by atoms with Gasteiger partial charge in [-0.3, -0.25) is 19.8 Å². The van der Waals surface area contributed by atoms with E-state index >= 15 is 0 Å². The SMILES string of the molecule is O=C(O)c1cc(N2C(=O)/C(=C/c3cccc([N+](=O)[O-])c3)SC2=S)ccc1O. The summed E-state index contributed by atoms with van der Waals surface area (Å²) in [4.78, 5) is 35.6. The first-order valence-corrected chi connectivity index (χ1v) is 8.59. The Labute approximate surface area is 161 Å². The molecule has 0 spiro atoms. The third-order valence-electron chi connectivity index (χ3n) is 3.64. The van der Waals surface area contributed by atoms with Crippen LogP contribution < -0.4 is 4.90 Å². The maximum absolute atomic E-state index is 12.7. The highest BCUT2D eigenvalue weighted by molar-refractivity contribution is 8.27. The first kappa shape index (κ1) is 18.5. The summed E-state index contributed by atoms with van der Waals surface area (Å²) >= 11 is 6.20. The van der Waals surface area contributed by atoms with E-state index in [0.29, 0.717) is 5.56 Å². The molecule has 136 valence electrons. The first-order chi connectivity index (χ1) is 12.8. The third-order valence-corrected chi connectivity index (χ3v) is 4.94. The second-order valence-electron chi connectivity index (χ2n) is 5.38. The van der Waals surface area contributed by atoms with Gasteiger partial charge in [-0.25, -0.2) is 4.79 Å². The molecule has 0 aromatic heterocycles. The van der Waals surface area contributed by atoms with Gasteiger partial charge in [0.25, 0.3) is 11.6 Å². The second kappa shape index (κ2) is 7.17. The summed E-state index contributed by atoms with van der Waals surface area (Å²) < 4.78 is 0.179. The van der Waals surface area contributed by atoms with Gasteiger partial charge in [0, 0.05) is 12.1 Å². The van der Waals surface area contributed by atoms with Crippen LogP contribution in [0.2, 0.25) is 0 Å². The molecule has 1 aliphatic rings. The van der Waals surface area contributed by atoms with Gasteiger partial charge in [-0.05, 0) is 29.8 Å². The van der Waals surface area contributed by atoms with Crippen LogP contribution in [0.5, 0.6) is 5.75 Å². The smallest absolute Gasteiger partial charge is 0.339 e. The van der Waals surface area contributed by atoms with Crippen molar-refractivity contribution >= 4 is 57.6 Å². The van der Waals surface area contributed by atoms with E-state index in [1.807, 2.05) is 0 Å².